The topological polar surface area (TPSA) is 73.9 Å². The van der Waals surface area contributed by atoms with Crippen LogP contribution in [0.2, 0.25) is 0 Å². The van der Waals surface area contributed by atoms with Gasteiger partial charge in [-0.3, -0.25) is 9.69 Å². The Hall–Kier alpha value is -1.34. The maximum absolute atomic E-state index is 12.6. The van der Waals surface area contributed by atoms with Crippen molar-refractivity contribution in [1.82, 2.24) is 20.4 Å². The van der Waals surface area contributed by atoms with Gasteiger partial charge in [0.25, 0.3) is 0 Å². The van der Waals surface area contributed by atoms with Gasteiger partial charge in [-0.15, -0.1) is 0 Å². The lowest BCUT2D eigenvalue weighted by atomic mass is 10.1. The monoisotopic (exact) mass is 282 g/mol. The van der Waals surface area contributed by atoms with Crippen LogP contribution in [-0.4, -0.2) is 79.8 Å². The van der Waals surface area contributed by atoms with Gasteiger partial charge in [0.05, 0.1) is 12.6 Å². The number of hydrogen-bond donors (Lipinski definition) is 2. The summed E-state index contributed by atoms with van der Waals surface area (Å²) in [5, 5.41) is 5.92. The lowest BCUT2D eigenvalue weighted by molar-refractivity contribution is -0.136. The van der Waals surface area contributed by atoms with Crippen LogP contribution < -0.4 is 10.6 Å². The molecular weight excluding hydrogens is 260 g/mol. The summed E-state index contributed by atoms with van der Waals surface area (Å²) in [5.41, 5.74) is 0. The van der Waals surface area contributed by atoms with Gasteiger partial charge in [-0.05, 0) is 19.4 Å². The largest absolute Gasteiger partial charge is 0.443 e. The van der Waals surface area contributed by atoms with Crippen LogP contribution in [0, 0.1) is 0 Å². The van der Waals surface area contributed by atoms with E-state index in [1.807, 2.05) is 4.90 Å². The molecule has 0 saturated carbocycles. The molecule has 20 heavy (non-hydrogen) atoms. The number of ether oxygens (including phenoxy) is 1. The average molecular weight is 282 g/mol. The first-order valence-electron chi connectivity index (χ1n) is 7.42. The molecule has 3 saturated heterocycles. The third-order valence-electron chi connectivity index (χ3n) is 4.26. The number of cyclic esters (lactones) is 1. The van der Waals surface area contributed by atoms with Crippen molar-refractivity contribution in [1.29, 1.82) is 0 Å². The van der Waals surface area contributed by atoms with Gasteiger partial charge >= 0.3 is 6.09 Å². The molecule has 2 amide bonds. The molecule has 0 aromatic carbocycles. The van der Waals surface area contributed by atoms with E-state index in [9.17, 15) is 9.59 Å². The van der Waals surface area contributed by atoms with Crippen molar-refractivity contribution < 1.29 is 14.3 Å². The molecule has 2 unspecified atom stereocenters. The number of amides is 2. The minimum atomic E-state index is -0.348. The normalized spacial score (nSPS) is 31.2. The van der Waals surface area contributed by atoms with Gasteiger partial charge in [-0.1, -0.05) is 0 Å². The third-order valence-corrected chi connectivity index (χ3v) is 4.26. The van der Waals surface area contributed by atoms with E-state index in [0.717, 1.165) is 45.6 Å². The van der Waals surface area contributed by atoms with E-state index in [1.165, 1.54) is 0 Å². The average Bonchev–Trinajstić information content (AvgIpc) is 3.09. The van der Waals surface area contributed by atoms with E-state index >= 15 is 0 Å². The highest BCUT2D eigenvalue weighted by atomic mass is 16.6. The van der Waals surface area contributed by atoms with Gasteiger partial charge in [-0.25, -0.2) is 4.79 Å². The number of alkyl carbamates (subject to hydrolysis) is 1. The zero-order chi connectivity index (χ0) is 13.9. The molecule has 3 aliphatic heterocycles. The molecule has 3 aliphatic rings. The Morgan fingerprint density at radius 2 is 2.10 bits per heavy atom. The van der Waals surface area contributed by atoms with Crippen LogP contribution in [0.4, 0.5) is 4.79 Å². The van der Waals surface area contributed by atoms with Crippen molar-refractivity contribution in [2.24, 2.45) is 0 Å². The molecule has 0 aromatic heterocycles. The summed E-state index contributed by atoms with van der Waals surface area (Å²) in [6, 6.07) is -0.0348. The zero-order valence-corrected chi connectivity index (χ0v) is 11.6. The number of rotatable bonds is 3. The third kappa shape index (κ3) is 2.88. The SMILES string of the molecule is O=C1NCC(CN2CCCC2C(=O)N2CCNCC2)O1. The molecule has 0 bridgehead atoms. The summed E-state index contributed by atoms with van der Waals surface area (Å²) in [6.07, 6.45) is 1.48. The summed E-state index contributed by atoms with van der Waals surface area (Å²) in [5.74, 6) is 0.237. The molecule has 0 aliphatic carbocycles. The predicted octanol–water partition coefficient (Wildman–Crippen LogP) is -1.01. The summed E-state index contributed by atoms with van der Waals surface area (Å²) < 4.78 is 5.17. The minimum Gasteiger partial charge on any atom is -0.443 e. The molecule has 7 nitrogen and oxygen atoms in total. The van der Waals surface area contributed by atoms with Crippen molar-refractivity contribution in [3.8, 4) is 0 Å². The Balaban J connectivity index is 1.57. The number of carbonyl (C=O) groups excluding carboxylic acids is 2. The van der Waals surface area contributed by atoms with Gasteiger partial charge < -0.3 is 20.3 Å². The van der Waals surface area contributed by atoms with Crippen LogP contribution in [0.5, 0.6) is 0 Å². The van der Waals surface area contributed by atoms with E-state index in [-0.39, 0.29) is 24.1 Å². The predicted molar refractivity (Wildman–Crippen MR) is 72.3 cm³/mol. The summed E-state index contributed by atoms with van der Waals surface area (Å²) in [4.78, 5) is 27.8. The van der Waals surface area contributed by atoms with E-state index in [2.05, 4.69) is 15.5 Å². The first kappa shape index (κ1) is 13.6. The lowest BCUT2D eigenvalue weighted by Crippen LogP contribution is -2.53. The Labute approximate surface area is 118 Å². The first-order valence-corrected chi connectivity index (χ1v) is 7.42. The van der Waals surface area contributed by atoms with Crippen LogP contribution in [0.15, 0.2) is 0 Å². The van der Waals surface area contributed by atoms with Crippen molar-refractivity contribution in [3.63, 3.8) is 0 Å². The van der Waals surface area contributed by atoms with E-state index in [0.29, 0.717) is 13.1 Å². The van der Waals surface area contributed by atoms with Crippen LogP contribution in [0.25, 0.3) is 0 Å². The van der Waals surface area contributed by atoms with Crippen molar-refractivity contribution in [2.45, 2.75) is 25.0 Å². The van der Waals surface area contributed by atoms with Crippen molar-refractivity contribution >= 4 is 12.0 Å². The van der Waals surface area contributed by atoms with E-state index in [1.54, 1.807) is 0 Å². The Morgan fingerprint density at radius 1 is 1.30 bits per heavy atom. The lowest BCUT2D eigenvalue weighted by Gasteiger charge is -2.33. The number of likely N-dealkylation sites (tertiary alicyclic amines) is 1. The van der Waals surface area contributed by atoms with Gasteiger partial charge in [0, 0.05) is 32.7 Å². The highest BCUT2D eigenvalue weighted by Crippen LogP contribution is 2.21. The molecule has 3 rings (SSSR count). The number of carbonyl (C=O) groups is 2. The number of nitrogens with zero attached hydrogens (tertiary/aromatic N) is 2. The molecular formula is C13H22N4O3. The summed E-state index contributed by atoms with van der Waals surface area (Å²) in [7, 11) is 0. The number of nitrogens with one attached hydrogen (secondary N) is 2. The summed E-state index contributed by atoms with van der Waals surface area (Å²) in [6.45, 7) is 5.46. The quantitative estimate of drug-likeness (QED) is 0.694. The number of piperazine rings is 1. The van der Waals surface area contributed by atoms with Crippen molar-refractivity contribution in [2.75, 3.05) is 45.8 Å². The zero-order valence-electron chi connectivity index (χ0n) is 11.6. The minimum absolute atomic E-state index is 0.0348. The Bertz CT molecular complexity index is 384. The fourth-order valence-electron chi connectivity index (χ4n) is 3.22. The van der Waals surface area contributed by atoms with Crippen LogP contribution >= 0.6 is 0 Å². The molecule has 2 N–H and O–H groups in total. The molecule has 0 radical (unpaired) electrons. The fourth-order valence-corrected chi connectivity index (χ4v) is 3.22. The van der Waals surface area contributed by atoms with E-state index in [4.69, 9.17) is 4.74 Å². The van der Waals surface area contributed by atoms with E-state index < -0.39 is 0 Å². The maximum atomic E-state index is 12.6. The molecule has 7 heteroatoms. The first-order chi connectivity index (χ1) is 9.74. The van der Waals surface area contributed by atoms with Crippen LogP contribution in [-0.2, 0) is 9.53 Å². The van der Waals surface area contributed by atoms with Crippen LogP contribution in [0.1, 0.15) is 12.8 Å². The van der Waals surface area contributed by atoms with Gasteiger partial charge in [0.15, 0.2) is 0 Å². The molecule has 0 spiro atoms. The molecule has 112 valence electrons. The molecule has 2 atom stereocenters. The Morgan fingerprint density at radius 3 is 2.80 bits per heavy atom. The smallest absolute Gasteiger partial charge is 0.407 e. The highest BCUT2D eigenvalue weighted by Gasteiger charge is 2.36. The molecule has 3 heterocycles. The molecule has 0 aromatic rings. The molecule has 3 fully saturated rings. The second-order valence-corrected chi connectivity index (χ2v) is 5.64. The van der Waals surface area contributed by atoms with Gasteiger partial charge in [0.2, 0.25) is 5.91 Å². The van der Waals surface area contributed by atoms with Gasteiger partial charge in [-0.2, -0.15) is 0 Å². The second kappa shape index (κ2) is 5.97. The van der Waals surface area contributed by atoms with Crippen molar-refractivity contribution in [3.05, 3.63) is 0 Å². The Kier molecular flexibility index (Phi) is 4.07. The second-order valence-electron chi connectivity index (χ2n) is 5.64. The van der Waals surface area contributed by atoms with Crippen LogP contribution in [0.3, 0.4) is 0 Å². The fraction of sp³-hybridized carbons (Fsp3) is 0.846. The highest BCUT2D eigenvalue weighted by molar-refractivity contribution is 5.82. The van der Waals surface area contributed by atoms with Gasteiger partial charge in [0.1, 0.15) is 6.10 Å². The standard InChI is InChI=1S/C13H22N4O3/c18-12(16-6-3-14-4-7-16)11-2-1-5-17(11)9-10-8-15-13(19)20-10/h10-11,14H,1-9H2,(H,15,19). The summed E-state index contributed by atoms with van der Waals surface area (Å²) >= 11 is 0. The maximum Gasteiger partial charge on any atom is 0.407 e. The number of hydrogen-bond acceptors (Lipinski definition) is 5.